The third-order valence-electron chi connectivity index (χ3n) is 4.36. The SMILES string of the molecule is CC1(C)CCCC1n1c(N)nc2ccc(C#N)cc21. The van der Waals surface area contributed by atoms with Crippen LogP contribution in [0.5, 0.6) is 0 Å². The van der Waals surface area contributed by atoms with Gasteiger partial charge in [-0.15, -0.1) is 0 Å². The number of benzene rings is 1. The number of hydrogen-bond donors (Lipinski definition) is 1. The van der Waals surface area contributed by atoms with Crippen molar-refractivity contribution in [3.63, 3.8) is 0 Å². The number of aromatic nitrogens is 2. The van der Waals surface area contributed by atoms with Gasteiger partial charge in [0.25, 0.3) is 0 Å². The number of nitriles is 1. The summed E-state index contributed by atoms with van der Waals surface area (Å²) in [4.78, 5) is 4.43. The Hall–Kier alpha value is -2.02. The Morgan fingerprint density at radius 1 is 1.47 bits per heavy atom. The number of rotatable bonds is 1. The molecule has 1 unspecified atom stereocenters. The van der Waals surface area contributed by atoms with Gasteiger partial charge in [0.15, 0.2) is 0 Å². The Labute approximate surface area is 112 Å². The molecule has 0 radical (unpaired) electrons. The van der Waals surface area contributed by atoms with Crippen LogP contribution in [0.25, 0.3) is 11.0 Å². The molecule has 0 saturated heterocycles. The highest BCUT2D eigenvalue weighted by Crippen LogP contribution is 2.47. The molecule has 3 rings (SSSR count). The van der Waals surface area contributed by atoms with E-state index in [4.69, 9.17) is 11.0 Å². The highest BCUT2D eigenvalue weighted by atomic mass is 15.2. The average Bonchev–Trinajstić information content (AvgIpc) is 2.86. The first kappa shape index (κ1) is 12.0. The van der Waals surface area contributed by atoms with Gasteiger partial charge in [-0.05, 0) is 36.5 Å². The molecule has 0 aliphatic heterocycles. The van der Waals surface area contributed by atoms with Crippen LogP contribution in [0.15, 0.2) is 18.2 Å². The summed E-state index contributed by atoms with van der Waals surface area (Å²) in [6.45, 7) is 4.56. The van der Waals surface area contributed by atoms with Crippen molar-refractivity contribution in [3.8, 4) is 6.07 Å². The highest BCUT2D eigenvalue weighted by Gasteiger charge is 2.37. The molecule has 4 nitrogen and oxygen atoms in total. The quantitative estimate of drug-likeness (QED) is 0.849. The zero-order valence-corrected chi connectivity index (χ0v) is 11.3. The standard InChI is InChI=1S/C15H18N4/c1-15(2)7-3-4-13(15)19-12-8-10(9-16)5-6-11(12)18-14(19)17/h5-6,8,13H,3-4,7H2,1-2H3,(H2,17,18). The summed E-state index contributed by atoms with van der Waals surface area (Å²) in [6.07, 6.45) is 3.54. The van der Waals surface area contributed by atoms with Gasteiger partial charge in [0, 0.05) is 6.04 Å². The molecular weight excluding hydrogens is 236 g/mol. The van der Waals surface area contributed by atoms with Crippen LogP contribution in [0.4, 0.5) is 5.95 Å². The number of anilines is 1. The van der Waals surface area contributed by atoms with E-state index in [2.05, 4.69) is 29.5 Å². The first-order valence-electron chi connectivity index (χ1n) is 6.70. The molecule has 1 heterocycles. The number of nitrogens with zero attached hydrogens (tertiary/aromatic N) is 3. The predicted molar refractivity (Wildman–Crippen MR) is 75.5 cm³/mol. The molecule has 1 fully saturated rings. The van der Waals surface area contributed by atoms with E-state index < -0.39 is 0 Å². The lowest BCUT2D eigenvalue weighted by atomic mass is 9.87. The van der Waals surface area contributed by atoms with Gasteiger partial charge in [-0.25, -0.2) is 4.98 Å². The van der Waals surface area contributed by atoms with E-state index in [1.54, 1.807) is 6.07 Å². The number of fused-ring (bicyclic) bond motifs is 1. The van der Waals surface area contributed by atoms with Crippen LogP contribution in [-0.2, 0) is 0 Å². The third kappa shape index (κ3) is 1.77. The Bertz CT molecular complexity index is 675. The molecule has 2 N–H and O–H groups in total. The van der Waals surface area contributed by atoms with E-state index in [-0.39, 0.29) is 5.41 Å². The lowest BCUT2D eigenvalue weighted by Crippen LogP contribution is -2.22. The van der Waals surface area contributed by atoms with Gasteiger partial charge in [-0.3, -0.25) is 0 Å². The number of hydrogen-bond acceptors (Lipinski definition) is 3. The van der Waals surface area contributed by atoms with Crippen molar-refractivity contribution >= 4 is 17.0 Å². The number of nitrogen functional groups attached to an aromatic ring is 1. The van der Waals surface area contributed by atoms with Crippen molar-refractivity contribution in [2.24, 2.45) is 5.41 Å². The average molecular weight is 254 g/mol. The van der Waals surface area contributed by atoms with Crippen molar-refractivity contribution in [1.82, 2.24) is 9.55 Å². The molecule has 1 aliphatic rings. The summed E-state index contributed by atoms with van der Waals surface area (Å²) < 4.78 is 2.13. The summed E-state index contributed by atoms with van der Waals surface area (Å²) in [5, 5.41) is 9.05. The fraction of sp³-hybridized carbons (Fsp3) is 0.467. The number of nitrogens with two attached hydrogens (primary N) is 1. The van der Waals surface area contributed by atoms with Crippen LogP contribution in [0.3, 0.4) is 0 Å². The number of imidazole rings is 1. The van der Waals surface area contributed by atoms with Crippen LogP contribution >= 0.6 is 0 Å². The lowest BCUT2D eigenvalue weighted by molar-refractivity contribution is 0.268. The molecule has 1 atom stereocenters. The highest BCUT2D eigenvalue weighted by molar-refractivity contribution is 5.80. The largest absolute Gasteiger partial charge is 0.369 e. The molecule has 0 bridgehead atoms. The zero-order chi connectivity index (χ0) is 13.6. The molecule has 98 valence electrons. The van der Waals surface area contributed by atoms with Gasteiger partial charge in [0.1, 0.15) is 0 Å². The molecule has 1 aromatic heterocycles. The van der Waals surface area contributed by atoms with Crippen molar-refractivity contribution in [3.05, 3.63) is 23.8 Å². The van der Waals surface area contributed by atoms with E-state index in [0.29, 0.717) is 17.6 Å². The molecular formula is C15H18N4. The van der Waals surface area contributed by atoms with Crippen LogP contribution < -0.4 is 5.73 Å². The van der Waals surface area contributed by atoms with Crippen LogP contribution in [-0.4, -0.2) is 9.55 Å². The van der Waals surface area contributed by atoms with Crippen LogP contribution in [0.2, 0.25) is 0 Å². The Morgan fingerprint density at radius 2 is 2.26 bits per heavy atom. The maximum atomic E-state index is 9.05. The molecule has 1 saturated carbocycles. The van der Waals surface area contributed by atoms with Crippen LogP contribution in [0.1, 0.15) is 44.7 Å². The summed E-state index contributed by atoms with van der Waals surface area (Å²) in [6, 6.07) is 8.12. The van der Waals surface area contributed by atoms with Crippen molar-refractivity contribution < 1.29 is 0 Å². The van der Waals surface area contributed by atoms with E-state index in [1.165, 1.54) is 12.8 Å². The second-order valence-electron chi connectivity index (χ2n) is 6.05. The summed E-state index contributed by atoms with van der Waals surface area (Å²) >= 11 is 0. The normalized spacial score (nSPS) is 21.6. The van der Waals surface area contributed by atoms with Gasteiger partial charge in [0.05, 0.1) is 22.7 Å². The lowest BCUT2D eigenvalue weighted by Gasteiger charge is -2.29. The van der Waals surface area contributed by atoms with Gasteiger partial charge in [0.2, 0.25) is 5.95 Å². The maximum absolute atomic E-state index is 9.05. The van der Waals surface area contributed by atoms with E-state index in [9.17, 15) is 0 Å². The van der Waals surface area contributed by atoms with Gasteiger partial charge in [-0.2, -0.15) is 5.26 Å². The van der Waals surface area contributed by atoms with Gasteiger partial charge >= 0.3 is 0 Å². The van der Waals surface area contributed by atoms with E-state index >= 15 is 0 Å². The summed E-state index contributed by atoms with van der Waals surface area (Å²) in [7, 11) is 0. The maximum Gasteiger partial charge on any atom is 0.201 e. The van der Waals surface area contributed by atoms with E-state index in [1.807, 2.05) is 12.1 Å². The first-order chi connectivity index (χ1) is 9.03. The first-order valence-corrected chi connectivity index (χ1v) is 6.70. The predicted octanol–water partition coefficient (Wildman–Crippen LogP) is 3.24. The van der Waals surface area contributed by atoms with E-state index in [0.717, 1.165) is 17.5 Å². The summed E-state index contributed by atoms with van der Waals surface area (Å²) in [5.41, 5.74) is 8.86. The Balaban J connectivity index is 2.23. The summed E-state index contributed by atoms with van der Waals surface area (Å²) in [5.74, 6) is 0.560. The smallest absolute Gasteiger partial charge is 0.201 e. The minimum absolute atomic E-state index is 0.227. The minimum atomic E-state index is 0.227. The third-order valence-corrected chi connectivity index (χ3v) is 4.36. The zero-order valence-electron chi connectivity index (χ0n) is 11.3. The fourth-order valence-electron chi connectivity index (χ4n) is 3.30. The Kier molecular flexibility index (Phi) is 2.53. The second kappa shape index (κ2) is 3.99. The molecule has 1 aliphatic carbocycles. The molecule has 0 spiro atoms. The molecule has 4 heteroatoms. The minimum Gasteiger partial charge on any atom is -0.369 e. The van der Waals surface area contributed by atoms with Crippen LogP contribution in [0, 0.1) is 16.7 Å². The Morgan fingerprint density at radius 3 is 2.89 bits per heavy atom. The van der Waals surface area contributed by atoms with Crippen molar-refractivity contribution in [2.45, 2.75) is 39.2 Å². The second-order valence-corrected chi connectivity index (χ2v) is 6.05. The molecule has 2 aromatic rings. The van der Waals surface area contributed by atoms with Crippen molar-refractivity contribution in [1.29, 1.82) is 5.26 Å². The topological polar surface area (TPSA) is 67.6 Å². The van der Waals surface area contributed by atoms with Gasteiger partial charge in [-0.1, -0.05) is 20.3 Å². The monoisotopic (exact) mass is 254 g/mol. The molecule has 1 aromatic carbocycles. The molecule has 0 amide bonds. The molecule has 19 heavy (non-hydrogen) atoms. The van der Waals surface area contributed by atoms with Crippen molar-refractivity contribution in [2.75, 3.05) is 5.73 Å². The fourth-order valence-corrected chi connectivity index (χ4v) is 3.30. The van der Waals surface area contributed by atoms with Gasteiger partial charge < -0.3 is 10.3 Å².